The van der Waals surface area contributed by atoms with E-state index in [1.54, 1.807) is 0 Å². The van der Waals surface area contributed by atoms with Gasteiger partial charge in [0.1, 0.15) is 11.6 Å². The molecule has 2 aliphatic heterocycles. The van der Waals surface area contributed by atoms with Gasteiger partial charge in [-0.05, 0) is 26.2 Å². The Morgan fingerprint density at radius 3 is 3.23 bits per heavy atom. The topological polar surface area (TPSA) is 81.4 Å². The van der Waals surface area contributed by atoms with E-state index in [2.05, 4.69) is 15.4 Å². The zero-order valence-electron chi connectivity index (χ0n) is 13.2. The number of aromatic nitrogens is 3. The zero-order chi connectivity index (χ0) is 15.4. The number of aryl methyl sites for hydroxylation is 2. The van der Waals surface area contributed by atoms with Crippen molar-refractivity contribution in [3.63, 3.8) is 0 Å². The quantitative estimate of drug-likeness (QED) is 0.740. The van der Waals surface area contributed by atoms with Crippen molar-refractivity contribution in [1.29, 1.82) is 0 Å². The highest BCUT2D eigenvalue weighted by Crippen LogP contribution is 2.13. The SMILES string of the molecule is Cc1nc2n(n1)C[C@H](NC[C@@H](O)COC[C@H]1CCCO1)CC2. The molecule has 124 valence electrons. The second-order valence-corrected chi connectivity index (χ2v) is 6.23. The standard InChI is InChI=1S/C15H26N4O3/c1-11-17-15-5-4-12(8-19(15)18-11)16-7-13(20)9-21-10-14-3-2-6-22-14/h12-14,16,20H,2-10H2,1H3/t12-,13-,14-/m1/s1. The van der Waals surface area contributed by atoms with Crippen molar-refractivity contribution in [2.24, 2.45) is 0 Å². The number of aliphatic hydroxyl groups excluding tert-OH is 1. The molecular weight excluding hydrogens is 284 g/mol. The second-order valence-electron chi connectivity index (χ2n) is 6.23. The molecule has 2 aliphatic rings. The van der Waals surface area contributed by atoms with Crippen LogP contribution in [0, 0.1) is 6.92 Å². The summed E-state index contributed by atoms with van der Waals surface area (Å²) in [6.07, 6.45) is 3.87. The van der Waals surface area contributed by atoms with Crippen molar-refractivity contribution >= 4 is 0 Å². The normalized spacial score (nSPS) is 26.1. The first-order chi connectivity index (χ1) is 10.7. The van der Waals surface area contributed by atoms with Crippen LogP contribution in [-0.2, 0) is 22.4 Å². The molecule has 3 rings (SSSR count). The van der Waals surface area contributed by atoms with Crippen molar-refractivity contribution in [3.8, 4) is 0 Å². The maximum atomic E-state index is 9.99. The molecule has 0 bridgehead atoms. The summed E-state index contributed by atoms with van der Waals surface area (Å²) in [5.74, 6) is 1.90. The summed E-state index contributed by atoms with van der Waals surface area (Å²) in [6, 6.07) is 0.335. The number of hydrogen-bond donors (Lipinski definition) is 2. The van der Waals surface area contributed by atoms with Crippen molar-refractivity contribution in [2.45, 2.75) is 57.4 Å². The Balaban J connectivity index is 1.32. The Morgan fingerprint density at radius 2 is 2.41 bits per heavy atom. The van der Waals surface area contributed by atoms with Gasteiger partial charge in [-0.1, -0.05) is 0 Å². The van der Waals surface area contributed by atoms with E-state index in [0.29, 0.717) is 25.8 Å². The van der Waals surface area contributed by atoms with E-state index < -0.39 is 6.10 Å². The van der Waals surface area contributed by atoms with Gasteiger partial charge in [0.05, 0.1) is 32.0 Å². The molecule has 0 amide bonds. The van der Waals surface area contributed by atoms with E-state index in [1.165, 1.54) is 0 Å². The Labute approximate surface area is 131 Å². The van der Waals surface area contributed by atoms with Gasteiger partial charge in [-0.3, -0.25) is 0 Å². The van der Waals surface area contributed by atoms with Crippen molar-refractivity contribution in [3.05, 3.63) is 11.6 Å². The predicted octanol–water partition coefficient (Wildman–Crippen LogP) is 0.0474. The van der Waals surface area contributed by atoms with Gasteiger partial charge < -0.3 is 19.9 Å². The molecule has 1 saturated heterocycles. The van der Waals surface area contributed by atoms with E-state index in [0.717, 1.165) is 50.5 Å². The molecule has 0 aromatic carbocycles. The highest BCUT2D eigenvalue weighted by molar-refractivity contribution is 4.96. The summed E-state index contributed by atoms with van der Waals surface area (Å²) in [5, 5.41) is 17.8. The summed E-state index contributed by atoms with van der Waals surface area (Å²) < 4.78 is 13.0. The van der Waals surface area contributed by atoms with E-state index in [-0.39, 0.29) is 6.10 Å². The van der Waals surface area contributed by atoms with Gasteiger partial charge in [0.15, 0.2) is 0 Å². The van der Waals surface area contributed by atoms with Crippen LogP contribution in [0.3, 0.4) is 0 Å². The summed E-state index contributed by atoms with van der Waals surface area (Å²) >= 11 is 0. The number of nitrogens with zero attached hydrogens (tertiary/aromatic N) is 3. The van der Waals surface area contributed by atoms with E-state index in [4.69, 9.17) is 9.47 Å². The van der Waals surface area contributed by atoms with Crippen LogP contribution >= 0.6 is 0 Å². The molecule has 3 heterocycles. The fraction of sp³-hybridized carbons (Fsp3) is 0.867. The largest absolute Gasteiger partial charge is 0.389 e. The Hall–Kier alpha value is -1.02. The highest BCUT2D eigenvalue weighted by atomic mass is 16.5. The lowest BCUT2D eigenvalue weighted by Gasteiger charge is -2.25. The molecular formula is C15H26N4O3. The Morgan fingerprint density at radius 1 is 1.50 bits per heavy atom. The molecule has 2 N–H and O–H groups in total. The van der Waals surface area contributed by atoms with Crippen molar-refractivity contribution in [2.75, 3.05) is 26.4 Å². The van der Waals surface area contributed by atoms with Crippen molar-refractivity contribution < 1.29 is 14.6 Å². The van der Waals surface area contributed by atoms with Crippen LogP contribution in [0.4, 0.5) is 0 Å². The molecule has 7 heteroatoms. The third-order valence-electron chi connectivity index (χ3n) is 4.24. The van der Waals surface area contributed by atoms with Gasteiger partial charge in [-0.25, -0.2) is 9.67 Å². The third kappa shape index (κ3) is 4.25. The number of fused-ring (bicyclic) bond motifs is 1. The number of rotatable bonds is 7. The minimum Gasteiger partial charge on any atom is -0.389 e. The lowest BCUT2D eigenvalue weighted by molar-refractivity contribution is -0.0171. The van der Waals surface area contributed by atoms with Crippen molar-refractivity contribution in [1.82, 2.24) is 20.1 Å². The van der Waals surface area contributed by atoms with Crippen LogP contribution in [0.1, 0.15) is 30.9 Å². The molecule has 1 aromatic rings. The molecule has 0 aliphatic carbocycles. The molecule has 0 radical (unpaired) electrons. The van der Waals surface area contributed by atoms with Crippen LogP contribution in [0.2, 0.25) is 0 Å². The van der Waals surface area contributed by atoms with Crippen LogP contribution in [-0.4, -0.2) is 64.5 Å². The summed E-state index contributed by atoms with van der Waals surface area (Å²) in [7, 11) is 0. The van der Waals surface area contributed by atoms with Crippen LogP contribution in [0.5, 0.6) is 0 Å². The molecule has 0 saturated carbocycles. The van der Waals surface area contributed by atoms with Gasteiger partial charge in [-0.15, -0.1) is 0 Å². The lowest BCUT2D eigenvalue weighted by atomic mass is 10.1. The second kappa shape index (κ2) is 7.50. The molecule has 3 atom stereocenters. The van der Waals surface area contributed by atoms with E-state index in [1.807, 2.05) is 11.6 Å². The molecule has 0 unspecified atom stereocenters. The minimum atomic E-state index is -0.486. The minimum absolute atomic E-state index is 0.215. The maximum absolute atomic E-state index is 9.99. The summed E-state index contributed by atoms with van der Waals surface area (Å²) in [5.41, 5.74) is 0. The summed E-state index contributed by atoms with van der Waals surface area (Å²) in [6.45, 7) is 5.06. The van der Waals surface area contributed by atoms with Crippen LogP contribution < -0.4 is 5.32 Å². The van der Waals surface area contributed by atoms with Gasteiger partial charge >= 0.3 is 0 Å². The fourth-order valence-electron chi connectivity index (χ4n) is 3.07. The molecule has 22 heavy (non-hydrogen) atoms. The monoisotopic (exact) mass is 310 g/mol. The van der Waals surface area contributed by atoms with Gasteiger partial charge in [0.2, 0.25) is 0 Å². The highest BCUT2D eigenvalue weighted by Gasteiger charge is 2.21. The smallest absolute Gasteiger partial charge is 0.147 e. The third-order valence-corrected chi connectivity index (χ3v) is 4.24. The number of nitrogens with one attached hydrogen (secondary N) is 1. The zero-order valence-corrected chi connectivity index (χ0v) is 13.2. The lowest BCUT2D eigenvalue weighted by Crippen LogP contribution is -2.42. The summed E-state index contributed by atoms with van der Waals surface area (Å²) in [4.78, 5) is 4.40. The first-order valence-corrected chi connectivity index (χ1v) is 8.22. The predicted molar refractivity (Wildman–Crippen MR) is 80.7 cm³/mol. The van der Waals surface area contributed by atoms with Crippen LogP contribution in [0.25, 0.3) is 0 Å². The number of aliphatic hydroxyl groups is 1. The first-order valence-electron chi connectivity index (χ1n) is 8.22. The Bertz CT molecular complexity index is 473. The van der Waals surface area contributed by atoms with Crippen LogP contribution in [0.15, 0.2) is 0 Å². The fourth-order valence-corrected chi connectivity index (χ4v) is 3.07. The Kier molecular flexibility index (Phi) is 5.41. The van der Waals surface area contributed by atoms with Gasteiger partial charge in [-0.2, -0.15) is 5.10 Å². The molecule has 0 spiro atoms. The maximum Gasteiger partial charge on any atom is 0.147 e. The number of ether oxygens (including phenoxy) is 2. The average Bonchev–Trinajstić information content (AvgIpc) is 3.12. The molecule has 1 aromatic heterocycles. The molecule has 7 nitrogen and oxygen atoms in total. The number of hydrogen-bond acceptors (Lipinski definition) is 6. The first kappa shape index (κ1) is 15.9. The molecule has 1 fully saturated rings. The van der Waals surface area contributed by atoms with E-state index in [9.17, 15) is 5.11 Å². The van der Waals surface area contributed by atoms with Gasteiger partial charge in [0.25, 0.3) is 0 Å². The van der Waals surface area contributed by atoms with Gasteiger partial charge in [0, 0.05) is 25.6 Å². The van der Waals surface area contributed by atoms with E-state index >= 15 is 0 Å². The average molecular weight is 310 g/mol.